The zero-order valence-electron chi connectivity index (χ0n) is 25.9. The molecule has 2 aliphatic rings. The van der Waals surface area contributed by atoms with Crippen molar-refractivity contribution in [2.24, 2.45) is 0 Å². The van der Waals surface area contributed by atoms with Crippen LogP contribution in [0.5, 0.6) is 0 Å². The highest BCUT2D eigenvalue weighted by Crippen LogP contribution is 2.39. The summed E-state index contributed by atoms with van der Waals surface area (Å²) < 4.78 is 39.6. The maximum Gasteiger partial charge on any atom is 0.433 e. The number of aliphatic hydroxyl groups is 1. The van der Waals surface area contributed by atoms with E-state index in [-0.39, 0.29) is 29.2 Å². The Balaban J connectivity index is 1.11. The standard InChI is InChI=1S/C34H34F3N5O4S/c1-33(2,46)24-15-26-27(16-25(24)39-30(44)22-7-9-28(38-17-22)34(35,36)37)47-32(40-26)21-11-13-42(14-12-21)18-19-3-5-20(6-4-19)23-8-10-29(43)41-31(23)45/h3-7,9,15-17,21,23,46H,8,10-14,18H2,1-2H3,(H,39,44)(H,41,43,45). The second-order valence-corrected chi connectivity index (χ2v) is 13.7. The van der Waals surface area contributed by atoms with E-state index in [2.05, 4.69) is 20.5 Å². The first-order valence-corrected chi connectivity index (χ1v) is 16.2. The number of carbonyl (C=O) groups excluding carboxylic acids is 3. The van der Waals surface area contributed by atoms with Crippen LogP contribution in [0.25, 0.3) is 10.2 Å². The van der Waals surface area contributed by atoms with Gasteiger partial charge in [-0.05, 0) is 81.6 Å². The molecule has 2 fully saturated rings. The summed E-state index contributed by atoms with van der Waals surface area (Å²) in [4.78, 5) is 47.3. The number of rotatable bonds is 7. The Morgan fingerprint density at radius 3 is 2.40 bits per heavy atom. The number of imide groups is 1. The van der Waals surface area contributed by atoms with Crippen molar-refractivity contribution in [1.82, 2.24) is 20.2 Å². The fourth-order valence-electron chi connectivity index (χ4n) is 6.13. The lowest BCUT2D eigenvalue weighted by atomic mass is 9.90. The van der Waals surface area contributed by atoms with Crippen LogP contribution in [-0.2, 0) is 27.9 Å². The van der Waals surface area contributed by atoms with Crippen LogP contribution in [0.2, 0.25) is 0 Å². The van der Waals surface area contributed by atoms with E-state index in [4.69, 9.17) is 4.98 Å². The average Bonchev–Trinajstić information content (AvgIpc) is 3.44. The zero-order valence-corrected chi connectivity index (χ0v) is 26.7. The molecule has 0 bridgehead atoms. The molecule has 6 rings (SSSR count). The number of nitrogens with zero attached hydrogens (tertiary/aromatic N) is 3. The van der Waals surface area contributed by atoms with Gasteiger partial charge in [0.15, 0.2) is 0 Å². The Kier molecular flexibility index (Phi) is 8.90. The van der Waals surface area contributed by atoms with E-state index in [1.54, 1.807) is 26.0 Å². The average molecular weight is 666 g/mol. The van der Waals surface area contributed by atoms with Gasteiger partial charge in [0.25, 0.3) is 5.91 Å². The Bertz CT molecular complexity index is 1810. The van der Waals surface area contributed by atoms with Crippen molar-refractivity contribution in [3.8, 4) is 0 Å². The van der Waals surface area contributed by atoms with E-state index in [0.717, 1.165) is 71.6 Å². The summed E-state index contributed by atoms with van der Waals surface area (Å²) in [6.07, 6.45) is -1.02. The van der Waals surface area contributed by atoms with Crippen LogP contribution < -0.4 is 10.6 Å². The molecule has 2 aliphatic heterocycles. The molecule has 47 heavy (non-hydrogen) atoms. The van der Waals surface area contributed by atoms with Crippen molar-refractivity contribution in [2.45, 2.75) is 69.7 Å². The van der Waals surface area contributed by atoms with Crippen LogP contribution in [0.4, 0.5) is 18.9 Å². The van der Waals surface area contributed by atoms with Crippen molar-refractivity contribution in [1.29, 1.82) is 0 Å². The molecule has 9 nitrogen and oxygen atoms in total. The highest BCUT2D eigenvalue weighted by atomic mass is 32.1. The minimum absolute atomic E-state index is 0.0400. The molecule has 0 aliphatic carbocycles. The number of hydrogen-bond acceptors (Lipinski definition) is 8. The fourth-order valence-corrected chi connectivity index (χ4v) is 7.29. The third-order valence-corrected chi connectivity index (χ3v) is 9.91. The molecule has 4 aromatic rings. The van der Waals surface area contributed by atoms with E-state index in [0.29, 0.717) is 29.6 Å². The van der Waals surface area contributed by atoms with Gasteiger partial charge in [0.2, 0.25) is 11.8 Å². The highest BCUT2D eigenvalue weighted by Gasteiger charge is 2.33. The highest BCUT2D eigenvalue weighted by molar-refractivity contribution is 7.18. The van der Waals surface area contributed by atoms with Gasteiger partial charge in [-0.3, -0.25) is 29.6 Å². The number of amides is 3. The van der Waals surface area contributed by atoms with E-state index in [1.807, 2.05) is 24.3 Å². The Morgan fingerprint density at radius 1 is 1.06 bits per heavy atom. The molecule has 4 heterocycles. The largest absolute Gasteiger partial charge is 0.433 e. The Labute approximate surface area is 273 Å². The Hall–Kier alpha value is -4.20. The molecule has 0 saturated carbocycles. The third-order valence-electron chi connectivity index (χ3n) is 8.73. The second kappa shape index (κ2) is 12.8. The number of likely N-dealkylation sites (tertiary alicyclic amines) is 1. The number of alkyl halides is 3. The number of halogens is 3. The lowest BCUT2D eigenvalue weighted by Gasteiger charge is -2.31. The number of pyridine rings is 1. The number of carbonyl (C=O) groups is 3. The minimum atomic E-state index is -4.61. The predicted molar refractivity (Wildman–Crippen MR) is 171 cm³/mol. The van der Waals surface area contributed by atoms with Crippen molar-refractivity contribution < 1.29 is 32.7 Å². The number of thiazole rings is 1. The van der Waals surface area contributed by atoms with Crippen LogP contribution >= 0.6 is 11.3 Å². The summed E-state index contributed by atoms with van der Waals surface area (Å²) in [6.45, 7) is 5.73. The normalized spacial score (nSPS) is 18.4. The maximum absolute atomic E-state index is 13.0. The smallest absolute Gasteiger partial charge is 0.386 e. The first-order chi connectivity index (χ1) is 22.2. The monoisotopic (exact) mass is 665 g/mol. The molecule has 3 N–H and O–H groups in total. The van der Waals surface area contributed by atoms with Crippen LogP contribution in [0.15, 0.2) is 54.7 Å². The van der Waals surface area contributed by atoms with E-state index < -0.39 is 23.4 Å². The topological polar surface area (TPSA) is 125 Å². The number of fused-ring (bicyclic) bond motifs is 1. The molecule has 2 aromatic carbocycles. The van der Waals surface area contributed by atoms with Gasteiger partial charge in [0, 0.05) is 36.3 Å². The fraction of sp³-hybridized carbons (Fsp3) is 0.382. The molecule has 0 radical (unpaired) electrons. The predicted octanol–water partition coefficient (Wildman–Crippen LogP) is 6.09. The molecule has 2 aromatic heterocycles. The third kappa shape index (κ3) is 7.37. The van der Waals surface area contributed by atoms with Gasteiger partial charge in [0.1, 0.15) is 5.69 Å². The first kappa shape index (κ1) is 32.7. The molecule has 13 heteroatoms. The summed E-state index contributed by atoms with van der Waals surface area (Å²) >= 11 is 1.53. The first-order valence-electron chi connectivity index (χ1n) is 15.4. The van der Waals surface area contributed by atoms with Crippen molar-refractivity contribution in [3.05, 3.63) is 87.7 Å². The lowest BCUT2D eigenvalue weighted by Crippen LogP contribution is -2.39. The molecule has 0 spiro atoms. The molecular weight excluding hydrogens is 631 g/mol. The number of hydrogen-bond donors (Lipinski definition) is 3. The van der Waals surface area contributed by atoms with Crippen molar-refractivity contribution in [3.63, 3.8) is 0 Å². The van der Waals surface area contributed by atoms with E-state index in [1.165, 1.54) is 11.3 Å². The van der Waals surface area contributed by atoms with E-state index in [9.17, 15) is 32.7 Å². The van der Waals surface area contributed by atoms with Crippen LogP contribution in [0, 0.1) is 0 Å². The minimum Gasteiger partial charge on any atom is -0.386 e. The summed E-state index contributed by atoms with van der Waals surface area (Å²) in [7, 11) is 0. The molecule has 3 amide bonds. The Morgan fingerprint density at radius 2 is 1.79 bits per heavy atom. The number of anilines is 1. The molecule has 2 saturated heterocycles. The van der Waals surface area contributed by atoms with Gasteiger partial charge in [0.05, 0.1) is 32.3 Å². The van der Waals surface area contributed by atoms with Gasteiger partial charge in [-0.1, -0.05) is 24.3 Å². The number of piperidine rings is 2. The van der Waals surface area contributed by atoms with Crippen molar-refractivity contribution in [2.75, 3.05) is 18.4 Å². The number of nitrogens with one attached hydrogen (secondary N) is 2. The molecule has 246 valence electrons. The zero-order chi connectivity index (χ0) is 33.5. The van der Waals surface area contributed by atoms with Gasteiger partial charge >= 0.3 is 6.18 Å². The number of benzene rings is 2. The SMILES string of the molecule is CC(C)(O)c1cc2nc(C3CCN(Cc4ccc(C5CCC(=O)NC5=O)cc4)CC3)sc2cc1NC(=O)c1ccc(C(F)(F)F)nc1. The summed E-state index contributed by atoms with van der Waals surface area (Å²) in [5, 5.41) is 17.0. The van der Waals surface area contributed by atoms with Crippen molar-refractivity contribution >= 4 is 45.0 Å². The molecule has 1 atom stereocenters. The van der Waals surface area contributed by atoms with Crippen LogP contribution in [0.3, 0.4) is 0 Å². The van der Waals surface area contributed by atoms with Gasteiger partial charge in [-0.15, -0.1) is 11.3 Å². The summed E-state index contributed by atoms with van der Waals surface area (Å²) in [6, 6.07) is 13.4. The second-order valence-electron chi connectivity index (χ2n) is 12.7. The molecular formula is C34H34F3N5O4S. The summed E-state index contributed by atoms with van der Waals surface area (Å²) in [5.41, 5.74) is 1.11. The van der Waals surface area contributed by atoms with E-state index >= 15 is 0 Å². The lowest BCUT2D eigenvalue weighted by molar-refractivity contribution is -0.141. The van der Waals surface area contributed by atoms with Crippen LogP contribution in [-0.4, -0.2) is 50.8 Å². The van der Waals surface area contributed by atoms with Gasteiger partial charge < -0.3 is 10.4 Å². The van der Waals surface area contributed by atoms with Gasteiger partial charge in [-0.2, -0.15) is 13.2 Å². The van der Waals surface area contributed by atoms with Crippen LogP contribution in [0.1, 0.15) is 89.1 Å². The number of aromatic nitrogens is 2. The van der Waals surface area contributed by atoms with Gasteiger partial charge in [-0.25, -0.2) is 4.98 Å². The molecule has 1 unspecified atom stereocenters. The maximum atomic E-state index is 13.0. The summed E-state index contributed by atoms with van der Waals surface area (Å²) in [5.74, 6) is -1.14. The quantitative estimate of drug-likeness (QED) is 0.204.